The van der Waals surface area contributed by atoms with Gasteiger partial charge in [-0.25, -0.2) is 9.18 Å². The van der Waals surface area contributed by atoms with E-state index in [1.165, 1.54) is 12.1 Å². The van der Waals surface area contributed by atoms with Gasteiger partial charge in [-0.1, -0.05) is 31.2 Å². The highest BCUT2D eigenvalue weighted by Gasteiger charge is 2.14. The first-order chi connectivity index (χ1) is 12.0. The van der Waals surface area contributed by atoms with Crippen molar-refractivity contribution in [2.75, 3.05) is 18.5 Å². The van der Waals surface area contributed by atoms with Gasteiger partial charge in [0.1, 0.15) is 11.6 Å². The Morgan fingerprint density at radius 2 is 2.04 bits per heavy atom. The number of urea groups is 1. The van der Waals surface area contributed by atoms with Crippen LogP contribution in [-0.4, -0.2) is 24.3 Å². The standard InChI is InChI=1S/C19H23FN2O3/c1-3-10-25-18-11-13(2)8-9-16(18)22-19(24)21-12-17(23)14-6-4-5-7-15(14)20/h4-9,11,17,23H,3,10,12H2,1-2H3,(H2,21,22,24). The minimum atomic E-state index is -1.12. The van der Waals surface area contributed by atoms with E-state index in [4.69, 9.17) is 4.74 Å². The zero-order chi connectivity index (χ0) is 18.2. The second-order valence-electron chi connectivity index (χ2n) is 5.72. The van der Waals surface area contributed by atoms with Gasteiger partial charge in [0.2, 0.25) is 0 Å². The lowest BCUT2D eigenvalue weighted by atomic mass is 10.1. The number of amides is 2. The van der Waals surface area contributed by atoms with E-state index in [0.717, 1.165) is 12.0 Å². The van der Waals surface area contributed by atoms with Crippen LogP contribution in [0.5, 0.6) is 5.75 Å². The number of hydrogen-bond donors (Lipinski definition) is 3. The number of benzene rings is 2. The number of hydrogen-bond acceptors (Lipinski definition) is 3. The Morgan fingerprint density at radius 1 is 1.28 bits per heavy atom. The Bertz CT molecular complexity index is 722. The van der Waals surface area contributed by atoms with Crippen LogP contribution in [0.2, 0.25) is 0 Å². The lowest BCUT2D eigenvalue weighted by Gasteiger charge is -2.15. The molecule has 0 heterocycles. The molecule has 2 aromatic rings. The maximum atomic E-state index is 13.6. The van der Waals surface area contributed by atoms with Gasteiger partial charge in [0.25, 0.3) is 0 Å². The molecule has 1 atom stereocenters. The van der Waals surface area contributed by atoms with Gasteiger partial charge in [-0.3, -0.25) is 0 Å². The summed E-state index contributed by atoms with van der Waals surface area (Å²) in [5.74, 6) is 0.0812. The predicted octanol–water partition coefficient (Wildman–Crippen LogP) is 3.78. The van der Waals surface area contributed by atoms with Crippen LogP contribution in [-0.2, 0) is 0 Å². The van der Waals surface area contributed by atoms with Crippen molar-refractivity contribution in [3.63, 3.8) is 0 Å². The van der Waals surface area contributed by atoms with Crippen molar-refractivity contribution in [3.8, 4) is 5.75 Å². The fourth-order valence-corrected chi connectivity index (χ4v) is 2.28. The first kappa shape index (κ1) is 18.7. The Balaban J connectivity index is 1.95. The molecule has 5 nitrogen and oxygen atoms in total. The van der Waals surface area contributed by atoms with Crippen LogP contribution in [0.1, 0.15) is 30.6 Å². The summed E-state index contributed by atoms with van der Waals surface area (Å²) >= 11 is 0. The average molecular weight is 346 g/mol. The molecule has 3 N–H and O–H groups in total. The van der Waals surface area contributed by atoms with Gasteiger partial charge in [-0.15, -0.1) is 0 Å². The molecule has 0 aliphatic carbocycles. The van der Waals surface area contributed by atoms with Gasteiger partial charge >= 0.3 is 6.03 Å². The Labute approximate surface area is 146 Å². The smallest absolute Gasteiger partial charge is 0.319 e. The maximum Gasteiger partial charge on any atom is 0.319 e. The van der Waals surface area contributed by atoms with Crippen molar-refractivity contribution in [2.45, 2.75) is 26.4 Å². The summed E-state index contributed by atoms with van der Waals surface area (Å²) in [6.07, 6.45) is -0.269. The summed E-state index contributed by atoms with van der Waals surface area (Å²) in [7, 11) is 0. The van der Waals surface area contributed by atoms with E-state index in [0.29, 0.717) is 18.0 Å². The number of carbonyl (C=O) groups is 1. The molecule has 25 heavy (non-hydrogen) atoms. The molecule has 0 aromatic heterocycles. The van der Waals surface area contributed by atoms with Gasteiger partial charge in [0.05, 0.1) is 18.4 Å². The van der Waals surface area contributed by atoms with Crippen LogP contribution in [0.15, 0.2) is 42.5 Å². The molecular formula is C19H23FN2O3. The quantitative estimate of drug-likeness (QED) is 0.714. The number of aliphatic hydroxyl groups is 1. The van der Waals surface area contributed by atoms with Crippen molar-refractivity contribution >= 4 is 11.7 Å². The molecule has 0 saturated carbocycles. The largest absolute Gasteiger partial charge is 0.491 e. The van der Waals surface area contributed by atoms with Crippen LogP contribution in [0.4, 0.5) is 14.9 Å². The highest BCUT2D eigenvalue weighted by atomic mass is 19.1. The molecular weight excluding hydrogens is 323 g/mol. The SMILES string of the molecule is CCCOc1cc(C)ccc1NC(=O)NCC(O)c1ccccc1F. The molecule has 2 rings (SSSR count). The summed E-state index contributed by atoms with van der Waals surface area (Å²) in [4.78, 5) is 12.1. The molecule has 0 spiro atoms. The van der Waals surface area contributed by atoms with Gasteiger partial charge < -0.3 is 20.5 Å². The van der Waals surface area contributed by atoms with Crippen LogP contribution in [0.3, 0.4) is 0 Å². The molecule has 1 unspecified atom stereocenters. The lowest BCUT2D eigenvalue weighted by Crippen LogP contribution is -2.32. The summed E-state index contributed by atoms with van der Waals surface area (Å²) < 4.78 is 19.3. The Kier molecular flexibility index (Phi) is 6.77. The highest BCUT2D eigenvalue weighted by molar-refractivity contribution is 5.91. The van der Waals surface area contributed by atoms with Crippen molar-refractivity contribution in [1.29, 1.82) is 0 Å². The molecule has 0 fully saturated rings. The molecule has 0 saturated heterocycles. The Morgan fingerprint density at radius 3 is 2.76 bits per heavy atom. The molecule has 0 aliphatic heterocycles. The number of halogens is 1. The number of ether oxygens (including phenoxy) is 1. The van der Waals surface area contributed by atoms with Gasteiger partial charge in [-0.05, 0) is 37.1 Å². The van der Waals surface area contributed by atoms with E-state index in [1.54, 1.807) is 18.2 Å². The van der Waals surface area contributed by atoms with Crippen LogP contribution < -0.4 is 15.4 Å². The zero-order valence-electron chi connectivity index (χ0n) is 14.4. The summed E-state index contributed by atoms with van der Waals surface area (Å²) in [6.45, 7) is 4.38. The van der Waals surface area contributed by atoms with E-state index in [9.17, 15) is 14.3 Å². The first-order valence-corrected chi connectivity index (χ1v) is 8.22. The van der Waals surface area contributed by atoms with E-state index >= 15 is 0 Å². The second-order valence-corrected chi connectivity index (χ2v) is 5.72. The third kappa shape index (κ3) is 5.46. The topological polar surface area (TPSA) is 70.6 Å². The van der Waals surface area contributed by atoms with Crippen LogP contribution in [0, 0.1) is 12.7 Å². The van der Waals surface area contributed by atoms with Crippen molar-refractivity contribution in [3.05, 3.63) is 59.4 Å². The summed E-state index contributed by atoms with van der Waals surface area (Å²) in [5, 5.41) is 15.2. The minimum Gasteiger partial charge on any atom is -0.491 e. The molecule has 6 heteroatoms. The van der Waals surface area contributed by atoms with Crippen molar-refractivity contribution in [1.82, 2.24) is 5.32 Å². The first-order valence-electron chi connectivity index (χ1n) is 8.22. The monoisotopic (exact) mass is 346 g/mol. The molecule has 134 valence electrons. The zero-order valence-corrected chi connectivity index (χ0v) is 14.4. The second kappa shape index (κ2) is 9.03. The van der Waals surface area contributed by atoms with Gasteiger partial charge in [0, 0.05) is 12.1 Å². The third-order valence-electron chi connectivity index (χ3n) is 3.57. The van der Waals surface area contributed by atoms with E-state index in [1.807, 2.05) is 26.0 Å². The van der Waals surface area contributed by atoms with Gasteiger partial charge in [-0.2, -0.15) is 0 Å². The molecule has 0 bridgehead atoms. The van der Waals surface area contributed by atoms with Crippen molar-refractivity contribution in [2.24, 2.45) is 0 Å². The molecule has 0 radical (unpaired) electrons. The van der Waals surface area contributed by atoms with Crippen LogP contribution in [0.25, 0.3) is 0 Å². The number of anilines is 1. The third-order valence-corrected chi connectivity index (χ3v) is 3.57. The normalized spacial score (nSPS) is 11.7. The maximum absolute atomic E-state index is 13.6. The lowest BCUT2D eigenvalue weighted by molar-refractivity contribution is 0.170. The Hall–Kier alpha value is -2.60. The van der Waals surface area contributed by atoms with E-state index < -0.39 is 18.0 Å². The highest BCUT2D eigenvalue weighted by Crippen LogP contribution is 2.26. The predicted molar refractivity (Wildman–Crippen MR) is 95.3 cm³/mol. The van der Waals surface area contributed by atoms with Crippen molar-refractivity contribution < 1.29 is 19.0 Å². The number of carbonyl (C=O) groups excluding carboxylic acids is 1. The summed E-state index contributed by atoms with van der Waals surface area (Å²) in [6, 6.07) is 10.9. The minimum absolute atomic E-state index is 0.107. The van der Waals surface area contributed by atoms with E-state index in [2.05, 4.69) is 10.6 Å². The summed E-state index contributed by atoms with van der Waals surface area (Å²) in [5.41, 5.74) is 1.70. The van der Waals surface area contributed by atoms with Gasteiger partial charge in [0.15, 0.2) is 0 Å². The fraction of sp³-hybridized carbons (Fsp3) is 0.316. The number of rotatable bonds is 7. The van der Waals surface area contributed by atoms with Crippen LogP contribution >= 0.6 is 0 Å². The average Bonchev–Trinajstić information content (AvgIpc) is 2.60. The molecule has 2 amide bonds. The number of nitrogens with one attached hydrogen (secondary N) is 2. The van der Waals surface area contributed by atoms with E-state index in [-0.39, 0.29) is 12.1 Å². The number of aliphatic hydroxyl groups excluding tert-OH is 1. The number of aryl methyl sites for hydroxylation is 1. The fourth-order valence-electron chi connectivity index (χ4n) is 2.28. The molecule has 0 aliphatic rings. The molecule has 2 aromatic carbocycles.